The first-order chi connectivity index (χ1) is 47.3. The maximum absolute atomic E-state index is 14.4. The molecule has 1 aliphatic carbocycles. The minimum atomic E-state index is -2.36. The number of carbonyl (C=O) groups is 4. The summed E-state index contributed by atoms with van der Waals surface area (Å²) in [4.78, 5) is 47.8. The predicted molar refractivity (Wildman–Crippen MR) is 347 cm³/mol. The number of ether oxygens (including phenoxy) is 2. The molecule has 0 saturated heterocycles. The highest BCUT2D eigenvalue weighted by Gasteiger charge is 2.42. The van der Waals surface area contributed by atoms with Crippen LogP contribution in [0.3, 0.4) is 0 Å². The number of para-hydroxylation sites is 2. The predicted octanol–water partition coefficient (Wildman–Crippen LogP) is 17.9. The van der Waals surface area contributed by atoms with E-state index in [2.05, 4.69) is 111 Å². The van der Waals surface area contributed by atoms with E-state index in [1.807, 2.05) is 91.0 Å². The number of benzene rings is 10. The molecule has 0 atom stereocenters. The highest BCUT2D eigenvalue weighted by Crippen LogP contribution is 2.44. The first-order valence-corrected chi connectivity index (χ1v) is 29.4. The van der Waals surface area contributed by atoms with E-state index < -0.39 is 120 Å². The first-order valence-electron chi connectivity index (χ1n) is 28.7. The number of fused-ring (bicyclic) bond motifs is 2. The Morgan fingerprint density at radius 3 is 1.09 bits per heavy atom. The second kappa shape index (κ2) is 31.1. The van der Waals surface area contributed by atoms with Gasteiger partial charge in [0.2, 0.25) is 81.2 Å². The van der Waals surface area contributed by atoms with E-state index in [0.717, 1.165) is 16.7 Å². The van der Waals surface area contributed by atoms with Gasteiger partial charge in [0.05, 0.1) is 11.0 Å². The van der Waals surface area contributed by atoms with Crippen molar-refractivity contribution in [3.63, 3.8) is 0 Å². The third-order valence-corrected chi connectivity index (χ3v) is 15.8. The molecule has 12 nitrogen and oxygen atoms in total. The van der Waals surface area contributed by atoms with E-state index in [4.69, 9.17) is 38.5 Å². The third-order valence-electron chi connectivity index (χ3n) is 15.0. The van der Waals surface area contributed by atoms with Gasteiger partial charge in [0, 0.05) is 16.7 Å². The monoisotopic (exact) mass is 1380 g/mol. The van der Waals surface area contributed by atoms with Crippen LogP contribution < -0.4 is 9.47 Å². The van der Waals surface area contributed by atoms with Crippen LogP contribution in [0.15, 0.2) is 252 Å². The summed E-state index contributed by atoms with van der Waals surface area (Å²) < 4.78 is 147. The fourth-order valence-corrected chi connectivity index (χ4v) is 10.9. The molecule has 0 aliphatic heterocycles. The molecular weight excluding hydrogens is 1340 g/mol. The lowest BCUT2D eigenvalue weighted by molar-refractivity contribution is -0.115. The summed E-state index contributed by atoms with van der Waals surface area (Å²) in [7, 11) is 0. The highest BCUT2D eigenvalue weighted by molar-refractivity contribution is 6.59. The molecule has 13 rings (SSSR count). The van der Waals surface area contributed by atoms with Gasteiger partial charge in [-0.25, -0.2) is 40.6 Å². The van der Waals surface area contributed by atoms with Gasteiger partial charge in [-0.3, -0.25) is 14.7 Å². The molecule has 1 aliphatic rings. The summed E-state index contributed by atoms with van der Waals surface area (Å²) in [5.41, 5.74) is 4.15. The number of H-pyrrole nitrogens is 1. The van der Waals surface area contributed by atoms with Gasteiger partial charge >= 0.3 is 11.9 Å². The molecule has 1 N–H and O–H groups in total. The van der Waals surface area contributed by atoms with E-state index in [1.54, 1.807) is 47.1 Å². The van der Waals surface area contributed by atoms with Crippen molar-refractivity contribution < 1.29 is 72.6 Å². The Morgan fingerprint density at radius 1 is 0.424 bits per heavy atom. The van der Waals surface area contributed by atoms with Crippen molar-refractivity contribution in [2.24, 2.45) is 0 Å². The first kappa shape index (κ1) is 71.1. The zero-order chi connectivity index (χ0) is 69.9. The fraction of sp³-hybridized carbons (Fsp3) is 0.0400. The molecule has 0 fully saturated rings. The molecule has 0 radical (unpaired) electrons. The molecule has 10 aromatic carbocycles. The van der Waals surface area contributed by atoms with Gasteiger partial charge in [0.25, 0.3) is 0 Å². The molecular formula is C75H44Cl2F10N6O6. The average Bonchev–Trinajstić information content (AvgIpc) is 1.64. The number of hydrogen-bond donors (Lipinski definition) is 1. The van der Waals surface area contributed by atoms with Crippen molar-refractivity contribution in [3.05, 3.63) is 355 Å². The van der Waals surface area contributed by atoms with Crippen LogP contribution in [0, 0.1) is 80.8 Å². The van der Waals surface area contributed by atoms with Crippen molar-refractivity contribution >= 4 is 68.5 Å². The zero-order valence-corrected chi connectivity index (χ0v) is 51.2. The molecule has 2 aromatic heterocycles. The number of carbonyl (C=O) groups excluding carboxylic acids is 4. The lowest BCUT2D eigenvalue weighted by Gasteiger charge is -2.37. The average molecular weight is 1390 g/mol. The van der Waals surface area contributed by atoms with E-state index >= 15 is 0 Å². The Hall–Kier alpha value is -12.2. The SMILES string of the molecule is C.N#CC1=C(C#N)C(=O)C(Cl)=C(Cl)C1=O.O=C(Oc1c(F)c(F)c(F)c(F)c1F)c1n[nH]c2ccccc12.O=C(Oc1c(F)c(F)c(F)c(F)c1F)c1nn(C(c2ccccc2)(c2ccccc2)c2ccccc2)c2ccccc12.c1ccc(C(c2ccccc2)c2ccccc2)cc1. The fourth-order valence-electron chi connectivity index (χ4n) is 10.5. The van der Waals surface area contributed by atoms with E-state index in [-0.39, 0.29) is 29.6 Å². The van der Waals surface area contributed by atoms with Crippen LogP contribution in [0.4, 0.5) is 43.9 Å². The van der Waals surface area contributed by atoms with Crippen molar-refractivity contribution in [3.8, 4) is 23.6 Å². The van der Waals surface area contributed by atoms with E-state index in [0.29, 0.717) is 17.0 Å². The van der Waals surface area contributed by atoms with E-state index in [1.165, 1.54) is 34.9 Å². The quantitative estimate of drug-likeness (QED) is 0.0249. The van der Waals surface area contributed by atoms with Crippen LogP contribution in [-0.2, 0) is 15.1 Å². The number of rotatable bonds is 11. The lowest BCUT2D eigenvalue weighted by Crippen LogP contribution is -2.38. The van der Waals surface area contributed by atoms with Gasteiger partial charge < -0.3 is 9.47 Å². The number of Topliss-reactive ketones (excluding diaryl/α,β-unsaturated/α-hetero) is 2. The normalized spacial score (nSPS) is 11.9. The Morgan fingerprint density at radius 2 is 0.727 bits per heavy atom. The summed E-state index contributed by atoms with van der Waals surface area (Å²) in [6, 6.07) is 75.9. The molecule has 24 heteroatoms. The Labute approximate surface area is 566 Å². The Balaban J connectivity index is 0.000000169. The van der Waals surface area contributed by atoms with Crippen LogP contribution in [0.1, 0.15) is 67.7 Å². The number of allylic oxidation sites excluding steroid dienone is 4. The maximum atomic E-state index is 14.4. The number of aromatic amines is 1. The maximum Gasteiger partial charge on any atom is 0.365 e. The summed E-state index contributed by atoms with van der Waals surface area (Å²) in [5, 5.41) is 27.2. The molecule has 2 heterocycles. The van der Waals surface area contributed by atoms with Gasteiger partial charge in [-0.1, -0.05) is 249 Å². The van der Waals surface area contributed by atoms with Crippen LogP contribution in [-0.4, -0.2) is 43.5 Å². The summed E-state index contributed by atoms with van der Waals surface area (Å²) >= 11 is 10.8. The van der Waals surface area contributed by atoms with Crippen molar-refractivity contribution in [2.45, 2.75) is 18.9 Å². The number of nitrogens with one attached hydrogen (secondary N) is 1. The molecule has 12 aromatic rings. The van der Waals surface area contributed by atoms with E-state index in [9.17, 15) is 63.1 Å². The van der Waals surface area contributed by atoms with Gasteiger partial charge in [0.15, 0.2) is 11.4 Å². The largest absolute Gasteiger partial charge is 0.415 e. The van der Waals surface area contributed by atoms with Crippen molar-refractivity contribution in [1.82, 2.24) is 20.0 Å². The highest BCUT2D eigenvalue weighted by atomic mass is 35.5. The second-order valence-corrected chi connectivity index (χ2v) is 21.5. The Bertz CT molecular complexity index is 4900. The number of nitriles is 2. The van der Waals surface area contributed by atoms with Gasteiger partial charge in [-0.15, -0.1) is 0 Å². The number of ketones is 2. The van der Waals surface area contributed by atoms with Gasteiger partial charge in [0.1, 0.15) is 38.9 Å². The molecule has 0 amide bonds. The van der Waals surface area contributed by atoms with Gasteiger partial charge in [-0.05, 0) is 45.5 Å². The van der Waals surface area contributed by atoms with Gasteiger partial charge in [-0.2, -0.15) is 38.3 Å². The van der Waals surface area contributed by atoms with Crippen LogP contribution in [0.5, 0.6) is 11.5 Å². The molecule has 0 saturated carbocycles. The minimum absolute atomic E-state index is 0. The summed E-state index contributed by atoms with van der Waals surface area (Å²) in [6.07, 6.45) is 0. The topological polar surface area (TPSA) is 181 Å². The smallest absolute Gasteiger partial charge is 0.365 e. The van der Waals surface area contributed by atoms with Crippen LogP contribution in [0.25, 0.3) is 21.8 Å². The summed E-state index contributed by atoms with van der Waals surface area (Å²) in [6.45, 7) is 0. The standard InChI is InChI=1S/C33H19F5N2O2.C19H16.C14H5F5N2O2.C8Cl2N2O2.CH4/c34-25-26(35)28(37)31(29(38)27(25)36)42-32(41)30-23-18-10-11-19-24(23)40(39-30)33(20-12-4-1-5-13-20,21-14-6-2-7-15-21)22-16-8-3-9-17-22;1-4-10-16(11-5-1)19(17-12-6-2-7-13-17)18-14-8-3-9-15-18;15-7-8(16)10(18)13(11(19)9(7)17)23-14(22)12-5-3-1-2-4-6(5)20-21-12;9-5-6(10)8(14)4(2-12)3(1-11)7(5)13;/h1-19H;1-15,19H;1-4H,(H,20,21);;1H4. The second-order valence-electron chi connectivity index (χ2n) is 20.7. The minimum Gasteiger partial charge on any atom is -0.415 e. The number of esters is 2. The Kier molecular flexibility index (Phi) is 22.3. The molecule has 99 heavy (non-hydrogen) atoms. The number of halogens is 12. The number of nitrogens with zero attached hydrogens (tertiary/aromatic N) is 5. The molecule has 0 bridgehead atoms. The number of hydrogen-bond acceptors (Lipinski definition) is 10. The zero-order valence-electron chi connectivity index (χ0n) is 49.7. The van der Waals surface area contributed by atoms with Crippen LogP contribution in [0.2, 0.25) is 0 Å². The molecule has 494 valence electrons. The van der Waals surface area contributed by atoms with Crippen LogP contribution >= 0.6 is 23.2 Å². The molecule has 0 spiro atoms. The lowest BCUT2D eigenvalue weighted by atomic mass is 9.77. The van der Waals surface area contributed by atoms with Crippen molar-refractivity contribution in [1.29, 1.82) is 10.5 Å². The summed E-state index contributed by atoms with van der Waals surface area (Å²) in [5.74, 6) is -30.3. The number of aromatic nitrogens is 4. The molecule has 0 unspecified atom stereocenters. The third kappa shape index (κ3) is 14.1. The van der Waals surface area contributed by atoms with Crippen molar-refractivity contribution in [2.75, 3.05) is 0 Å².